The van der Waals surface area contributed by atoms with Crippen molar-refractivity contribution in [3.8, 4) is 23.1 Å². The molecule has 3 aromatic heterocycles. The summed E-state index contributed by atoms with van der Waals surface area (Å²) in [6.07, 6.45) is 6.99. The molecule has 0 atom stereocenters. The summed E-state index contributed by atoms with van der Waals surface area (Å²) < 4.78 is 7.15. The Morgan fingerprint density at radius 2 is 2.18 bits per heavy atom. The third kappa shape index (κ3) is 2.79. The zero-order chi connectivity index (χ0) is 15.4. The quantitative estimate of drug-likeness (QED) is 0.737. The van der Waals surface area contributed by atoms with E-state index >= 15 is 0 Å². The molecule has 0 N–H and O–H groups in total. The minimum Gasteiger partial charge on any atom is -0.481 e. The molecule has 6 nitrogen and oxygen atoms in total. The molecule has 3 rings (SSSR count). The minimum absolute atomic E-state index is 0.358. The van der Waals surface area contributed by atoms with Gasteiger partial charge in [0.15, 0.2) is 0 Å². The summed E-state index contributed by atoms with van der Waals surface area (Å²) in [6, 6.07) is 9.46. The maximum atomic E-state index is 8.99. The van der Waals surface area contributed by atoms with Crippen molar-refractivity contribution in [1.29, 1.82) is 5.26 Å². The molecule has 0 saturated carbocycles. The van der Waals surface area contributed by atoms with E-state index in [1.165, 1.54) is 0 Å². The molecular formula is C16H13N5O. The zero-order valence-electron chi connectivity index (χ0n) is 12.0. The average molecular weight is 291 g/mol. The summed E-state index contributed by atoms with van der Waals surface area (Å²) >= 11 is 0. The normalized spacial score (nSPS) is 10.2. The van der Waals surface area contributed by atoms with Crippen LogP contribution in [0.1, 0.15) is 11.3 Å². The van der Waals surface area contributed by atoms with Crippen LogP contribution in [0.2, 0.25) is 0 Å². The van der Waals surface area contributed by atoms with E-state index in [0.717, 1.165) is 16.7 Å². The van der Waals surface area contributed by atoms with Gasteiger partial charge in [-0.05, 0) is 35.4 Å². The number of hydrogen-bond acceptors (Lipinski definition) is 5. The Bertz CT molecular complexity index is 821. The maximum Gasteiger partial charge on any atom is 0.221 e. The highest BCUT2D eigenvalue weighted by Crippen LogP contribution is 2.29. The molecule has 3 heterocycles. The van der Waals surface area contributed by atoms with E-state index in [0.29, 0.717) is 18.1 Å². The van der Waals surface area contributed by atoms with E-state index in [4.69, 9.17) is 10.00 Å². The molecule has 0 bridgehead atoms. The molecular weight excluding hydrogens is 278 g/mol. The largest absolute Gasteiger partial charge is 0.481 e. The van der Waals surface area contributed by atoms with Gasteiger partial charge in [-0.15, -0.1) is 0 Å². The number of pyridine rings is 2. The standard InChI is InChI=1S/C16H13N5O/c1-22-16-15(13-3-5-18-14(8-13)9-17)7-12(10-19-16)11-21-6-2-4-20-21/h2-8,10H,11H2,1H3. The van der Waals surface area contributed by atoms with Gasteiger partial charge in [0.05, 0.1) is 13.7 Å². The van der Waals surface area contributed by atoms with Gasteiger partial charge in [-0.2, -0.15) is 10.4 Å². The Morgan fingerprint density at radius 3 is 2.91 bits per heavy atom. The van der Waals surface area contributed by atoms with Crippen LogP contribution in [0, 0.1) is 11.3 Å². The van der Waals surface area contributed by atoms with Gasteiger partial charge >= 0.3 is 0 Å². The lowest BCUT2D eigenvalue weighted by Crippen LogP contribution is -2.02. The molecule has 0 aliphatic heterocycles. The van der Waals surface area contributed by atoms with Crippen LogP contribution < -0.4 is 4.74 Å². The molecule has 0 radical (unpaired) electrons. The predicted octanol–water partition coefficient (Wildman–Crippen LogP) is 2.27. The van der Waals surface area contributed by atoms with Crippen LogP contribution in [0.4, 0.5) is 0 Å². The van der Waals surface area contributed by atoms with Crippen molar-refractivity contribution < 1.29 is 4.74 Å². The lowest BCUT2D eigenvalue weighted by atomic mass is 10.1. The predicted molar refractivity (Wildman–Crippen MR) is 80.1 cm³/mol. The summed E-state index contributed by atoms with van der Waals surface area (Å²) in [6.45, 7) is 0.618. The molecule has 22 heavy (non-hydrogen) atoms. The summed E-state index contributed by atoms with van der Waals surface area (Å²) in [4.78, 5) is 8.33. The summed E-state index contributed by atoms with van der Waals surface area (Å²) in [5.41, 5.74) is 3.02. The molecule has 6 heteroatoms. The van der Waals surface area contributed by atoms with Crippen molar-refractivity contribution >= 4 is 0 Å². The van der Waals surface area contributed by atoms with Crippen molar-refractivity contribution in [2.24, 2.45) is 0 Å². The van der Waals surface area contributed by atoms with Gasteiger partial charge in [-0.1, -0.05) is 0 Å². The van der Waals surface area contributed by atoms with E-state index in [1.807, 2.05) is 35.1 Å². The fraction of sp³-hybridized carbons (Fsp3) is 0.125. The van der Waals surface area contributed by atoms with E-state index in [1.54, 1.807) is 31.8 Å². The van der Waals surface area contributed by atoms with Gasteiger partial charge < -0.3 is 4.74 Å². The third-order valence-electron chi connectivity index (χ3n) is 3.19. The molecule has 0 saturated heterocycles. The Balaban J connectivity index is 2.02. The molecule has 0 fully saturated rings. The van der Waals surface area contributed by atoms with E-state index in [-0.39, 0.29) is 0 Å². The van der Waals surface area contributed by atoms with Crippen LogP contribution in [0.15, 0.2) is 49.1 Å². The first-order valence-electron chi connectivity index (χ1n) is 6.67. The fourth-order valence-electron chi connectivity index (χ4n) is 2.19. The second-order valence-corrected chi connectivity index (χ2v) is 4.65. The summed E-state index contributed by atoms with van der Waals surface area (Å²) in [5.74, 6) is 0.513. The molecule has 0 amide bonds. The number of methoxy groups -OCH3 is 1. The number of aromatic nitrogens is 4. The maximum absolute atomic E-state index is 8.99. The number of rotatable bonds is 4. The summed E-state index contributed by atoms with van der Waals surface area (Å²) in [7, 11) is 1.57. The van der Waals surface area contributed by atoms with Crippen LogP contribution in [0.5, 0.6) is 5.88 Å². The zero-order valence-corrected chi connectivity index (χ0v) is 12.0. The van der Waals surface area contributed by atoms with Gasteiger partial charge in [0.2, 0.25) is 5.88 Å². The van der Waals surface area contributed by atoms with Crippen LogP contribution in [0.25, 0.3) is 11.1 Å². The van der Waals surface area contributed by atoms with Gasteiger partial charge in [0.1, 0.15) is 11.8 Å². The third-order valence-corrected chi connectivity index (χ3v) is 3.19. The lowest BCUT2D eigenvalue weighted by molar-refractivity contribution is 0.399. The Labute approximate surface area is 127 Å². The second kappa shape index (κ2) is 6.06. The highest BCUT2D eigenvalue weighted by molar-refractivity contribution is 5.69. The molecule has 0 unspecified atom stereocenters. The topological polar surface area (TPSA) is 76.6 Å². The Hall–Kier alpha value is -3.20. The number of ether oxygens (including phenoxy) is 1. The molecule has 0 spiro atoms. The molecule has 0 aliphatic carbocycles. The lowest BCUT2D eigenvalue weighted by Gasteiger charge is -2.10. The average Bonchev–Trinajstić information content (AvgIpc) is 3.08. The van der Waals surface area contributed by atoms with E-state index < -0.39 is 0 Å². The number of nitrogens with zero attached hydrogens (tertiary/aromatic N) is 5. The smallest absolute Gasteiger partial charge is 0.221 e. The van der Waals surface area contributed by atoms with E-state index in [9.17, 15) is 0 Å². The van der Waals surface area contributed by atoms with Gasteiger partial charge in [0, 0.05) is 30.4 Å². The molecule has 3 aromatic rings. The van der Waals surface area contributed by atoms with Crippen LogP contribution >= 0.6 is 0 Å². The first-order chi connectivity index (χ1) is 10.8. The highest BCUT2D eigenvalue weighted by atomic mass is 16.5. The van der Waals surface area contributed by atoms with Crippen molar-refractivity contribution in [2.45, 2.75) is 6.54 Å². The van der Waals surface area contributed by atoms with Gasteiger partial charge in [-0.25, -0.2) is 9.97 Å². The summed E-state index contributed by atoms with van der Waals surface area (Å²) in [5, 5.41) is 13.2. The van der Waals surface area contributed by atoms with Crippen molar-refractivity contribution in [1.82, 2.24) is 19.7 Å². The van der Waals surface area contributed by atoms with Gasteiger partial charge in [-0.3, -0.25) is 4.68 Å². The van der Waals surface area contributed by atoms with Crippen molar-refractivity contribution in [2.75, 3.05) is 7.11 Å². The molecule has 0 aliphatic rings. The van der Waals surface area contributed by atoms with Gasteiger partial charge in [0.25, 0.3) is 0 Å². The minimum atomic E-state index is 0.358. The number of nitriles is 1. The molecule has 0 aromatic carbocycles. The van der Waals surface area contributed by atoms with Crippen LogP contribution in [0.3, 0.4) is 0 Å². The fourth-order valence-corrected chi connectivity index (χ4v) is 2.19. The first kappa shape index (κ1) is 13.8. The Morgan fingerprint density at radius 1 is 1.27 bits per heavy atom. The number of hydrogen-bond donors (Lipinski definition) is 0. The first-order valence-corrected chi connectivity index (χ1v) is 6.67. The van der Waals surface area contributed by atoms with Crippen LogP contribution in [-0.2, 0) is 6.54 Å². The SMILES string of the molecule is COc1ncc(Cn2cccn2)cc1-c1ccnc(C#N)c1. The Kier molecular flexibility index (Phi) is 3.79. The van der Waals surface area contributed by atoms with E-state index in [2.05, 4.69) is 15.1 Å². The van der Waals surface area contributed by atoms with Crippen molar-refractivity contribution in [3.63, 3.8) is 0 Å². The monoisotopic (exact) mass is 291 g/mol. The van der Waals surface area contributed by atoms with Crippen LogP contribution in [-0.4, -0.2) is 26.9 Å². The highest BCUT2D eigenvalue weighted by Gasteiger charge is 2.10. The molecule has 108 valence electrons. The van der Waals surface area contributed by atoms with Crippen molar-refractivity contribution in [3.05, 3.63) is 60.3 Å². The second-order valence-electron chi connectivity index (χ2n) is 4.65.